The van der Waals surface area contributed by atoms with E-state index in [9.17, 15) is 9.59 Å². The van der Waals surface area contributed by atoms with Gasteiger partial charge in [0.15, 0.2) is 0 Å². The standard InChI is InChI=1S/C23H28BrN3O2/c1-15-11-20(24)9-10-21(15)27-23(29)14-26-22(28)13-25-16(2)18-8-7-17-5-3-4-6-19(17)12-18/h7-12,16,25H,3-6,13-14H2,1-2H3,(H,26,28)(H,27,29)/t16-/m1/s1. The number of hydrogen-bond donors (Lipinski definition) is 3. The Balaban J connectivity index is 1.43. The second-order valence-corrected chi connectivity index (χ2v) is 8.54. The van der Waals surface area contributed by atoms with Gasteiger partial charge in [0.05, 0.1) is 13.1 Å². The molecule has 0 aromatic heterocycles. The third kappa shape index (κ3) is 6.15. The molecular formula is C23H28BrN3O2. The van der Waals surface area contributed by atoms with Gasteiger partial charge in [-0.1, -0.05) is 34.1 Å². The number of fused-ring (bicyclic) bond motifs is 1. The molecule has 0 aliphatic heterocycles. The van der Waals surface area contributed by atoms with Gasteiger partial charge in [-0.2, -0.15) is 0 Å². The smallest absolute Gasteiger partial charge is 0.243 e. The summed E-state index contributed by atoms with van der Waals surface area (Å²) in [6.45, 7) is 4.10. The molecular weight excluding hydrogens is 430 g/mol. The largest absolute Gasteiger partial charge is 0.346 e. The van der Waals surface area contributed by atoms with Crippen molar-refractivity contribution in [1.29, 1.82) is 0 Å². The Labute approximate surface area is 180 Å². The monoisotopic (exact) mass is 457 g/mol. The highest BCUT2D eigenvalue weighted by molar-refractivity contribution is 9.10. The normalized spacial score (nSPS) is 14.0. The molecule has 3 N–H and O–H groups in total. The van der Waals surface area contributed by atoms with Crippen LogP contribution >= 0.6 is 15.9 Å². The van der Waals surface area contributed by atoms with E-state index in [2.05, 4.69) is 57.0 Å². The molecule has 0 spiro atoms. The number of hydrogen-bond acceptors (Lipinski definition) is 3. The zero-order valence-electron chi connectivity index (χ0n) is 17.0. The molecule has 154 valence electrons. The van der Waals surface area contributed by atoms with Gasteiger partial charge in [-0.25, -0.2) is 0 Å². The highest BCUT2D eigenvalue weighted by Crippen LogP contribution is 2.24. The zero-order valence-corrected chi connectivity index (χ0v) is 18.6. The summed E-state index contributed by atoms with van der Waals surface area (Å²) in [5, 5.41) is 8.73. The van der Waals surface area contributed by atoms with E-state index < -0.39 is 0 Å². The number of benzene rings is 2. The van der Waals surface area contributed by atoms with Crippen molar-refractivity contribution < 1.29 is 9.59 Å². The number of amides is 2. The summed E-state index contributed by atoms with van der Waals surface area (Å²) in [5.41, 5.74) is 5.79. The first-order valence-corrected chi connectivity index (χ1v) is 10.9. The Morgan fingerprint density at radius 2 is 1.76 bits per heavy atom. The van der Waals surface area contributed by atoms with Crippen molar-refractivity contribution in [2.24, 2.45) is 0 Å². The van der Waals surface area contributed by atoms with E-state index in [1.165, 1.54) is 36.0 Å². The van der Waals surface area contributed by atoms with Gasteiger partial charge in [0.2, 0.25) is 11.8 Å². The van der Waals surface area contributed by atoms with Crippen LogP contribution in [0.5, 0.6) is 0 Å². The molecule has 0 unspecified atom stereocenters. The fourth-order valence-corrected chi connectivity index (χ4v) is 4.06. The maximum Gasteiger partial charge on any atom is 0.243 e. The minimum Gasteiger partial charge on any atom is -0.346 e. The predicted molar refractivity (Wildman–Crippen MR) is 120 cm³/mol. The maximum atomic E-state index is 12.1. The van der Waals surface area contributed by atoms with Crippen LogP contribution in [0.2, 0.25) is 0 Å². The molecule has 6 heteroatoms. The highest BCUT2D eigenvalue weighted by atomic mass is 79.9. The van der Waals surface area contributed by atoms with Crippen molar-refractivity contribution in [3.63, 3.8) is 0 Å². The van der Waals surface area contributed by atoms with Gasteiger partial charge in [0.1, 0.15) is 0 Å². The maximum absolute atomic E-state index is 12.1. The van der Waals surface area contributed by atoms with E-state index in [1.807, 2.05) is 25.1 Å². The molecule has 2 aromatic carbocycles. The van der Waals surface area contributed by atoms with Crippen molar-refractivity contribution in [3.8, 4) is 0 Å². The van der Waals surface area contributed by atoms with Gasteiger partial charge < -0.3 is 16.0 Å². The Morgan fingerprint density at radius 1 is 1.00 bits per heavy atom. The summed E-state index contributed by atoms with van der Waals surface area (Å²) in [6, 6.07) is 12.3. The predicted octanol–water partition coefficient (Wildman–Crippen LogP) is 4.04. The topological polar surface area (TPSA) is 70.2 Å². The molecule has 2 aromatic rings. The van der Waals surface area contributed by atoms with E-state index in [4.69, 9.17) is 0 Å². The van der Waals surface area contributed by atoms with E-state index in [0.717, 1.165) is 22.1 Å². The van der Waals surface area contributed by atoms with E-state index in [-0.39, 0.29) is 30.9 Å². The molecule has 1 atom stereocenters. The third-order valence-electron chi connectivity index (χ3n) is 5.35. The summed E-state index contributed by atoms with van der Waals surface area (Å²) in [6.07, 6.45) is 4.84. The molecule has 2 amide bonds. The van der Waals surface area contributed by atoms with Gasteiger partial charge in [-0.15, -0.1) is 0 Å². The van der Waals surface area contributed by atoms with Gasteiger partial charge in [0, 0.05) is 16.2 Å². The van der Waals surface area contributed by atoms with Crippen LogP contribution in [-0.2, 0) is 22.4 Å². The molecule has 3 rings (SSSR count). The molecule has 1 aliphatic carbocycles. The Morgan fingerprint density at radius 3 is 2.52 bits per heavy atom. The van der Waals surface area contributed by atoms with Crippen LogP contribution in [0.15, 0.2) is 40.9 Å². The lowest BCUT2D eigenvalue weighted by Crippen LogP contribution is -2.39. The van der Waals surface area contributed by atoms with Crippen molar-refractivity contribution in [1.82, 2.24) is 10.6 Å². The third-order valence-corrected chi connectivity index (χ3v) is 5.84. The number of carbonyl (C=O) groups is 2. The molecule has 0 saturated heterocycles. The van der Waals surface area contributed by atoms with Crippen LogP contribution in [0, 0.1) is 6.92 Å². The van der Waals surface area contributed by atoms with Crippen molar-refractivity contribution in [2.45, 2.75) is 45.6 Å². The Hall–Kier alpha value is -2.18. The average molecular weight is 458 g/mol. The second kappa shape index (κ2) is 10.0. The minimum atomic E-state index is -0.244. The van der Waals surface area contributed by atoms with E-state index in [0.29, 0.717) is 0 Å². The van der Waals surface area contributed by atoms with E-state index >= 15 is 0 Å². The zero-order chi connectivity index (χ0) is 20.8. The molecule has 1 aliphatic rings. The van der Waals surface area contributed by atoms with Gasteiger partial charge in [-0.05, 0) is 80.0 Å². The lowest BCUT2D eigenvalue weighted by molar-refractivity contribution is -0.123. The quantitative estimate of drug-likeness (QED) is 0.587. The average Bonchev–Trinajstić information content (AvgIpc) is 2.72. The summed E-state index contributed by atoms with van der Waals surface area (Å²) in [4.78, 5) is 24.2. The fraction of sp³-hybridized carbons (Fsp3) is 0.391. The van der Waals surface area contributed by atoms with Crippen LogP contribution in [0.1, 0.15) is 48.1 Å². The molecule has 29 heavy (non-hydrogen) atoms. The number of rotatable bonds is 7. The Bertz CT molecular complexity index is 898. The Kier molecular flexibility index (Phi) is 7.45. The number of carbonyl (C=O) groups excluding carboxylic acids is 2. The van der Waals surface area contributed by atoms with Crippen LogP contribution in [-0.4, -0.2) is 24.9 Å². The van der Waals surface area contributed by atoms with Crippen LogP contribution in [0.25, 0.3) is 0 Å². The first-order chi connectivity index (χ1) is 13.9. The van der Waals surface area contributed by atoms with Crippen molar-refractivity contribution in [2.75, 3.05) is 18.4 Å². The molecule has 0 fully saturated rings. The van der Waals surface area contributed by atoms with Crippen molar-refractivity contribution >= 4 is 33.4 Å². The fourth-order valence-electron chi connectivity index (χ4n) is 3.59. The number of anilines is 1. The molecule has 5 nitrogen and oxygen atoms in total. The lowest BCUT2D eigenvalue weighted by atomic mass is 9.89. The molecule has 0 heterocycles. The molecule has 0 bridgehead atoms. The summed E-state index contributed by atoms with van der Waals surface area (Å²) in [5.74, 6) is -0.441. The number of halogens is 1. The number of aryl methyl sites for hydroxylation is 3. The lowest BCUT2D eigenvalue weighted by Gasteiger charge is -2.20. The van der Waals surface area contributed by atoms with Crippen LogP contribution in [0.3, 0.4) is 0 Å². The van der Waals surface area contributed by atoms with Crippen molar-refractivity contribution in [3.05, 3.63) is 63.1 Å². The first-order valence-electron chi connectivity index (χ1n) is 10.1. The molecule has 0 saturated carbocycles. The van der Waals surface area contributed by atoms with Crippen LogP contribution < -0.4 is 16.0 Å². The molecule has 0 radical (unpaired) electrons. The van der Waals surface area contributed by atoms with E-state index in [1.54, 1.807) is 0 Å². The van der Waals surface area contributed by atoms with Gasteiger partial charge in [0.25, 0.3) is 0 Å². The summed E-state index contributed by atoms with van der Waals surface area (Å²) >= 11 is 3.40. The van der Waals surface area contributed by atoms with Gasteiger partial charge in [-0.3, -0.25) is 9.59 Å². The summed E-state index contributed by atoms with van der Waals surface area (Å²) in [7, 11) is 0. The summed E-state index contributed by atoms with van der Waals surface area (Å²) < 4.78 is 0.959. The number of nitrogens with one attached hydrogen (secondary N) is 3. The minimum absolute atomic E-state index is 0.0523. The second-order valence-electron chi connectivity index (χ2n) is 7.62. The van der Waals surface area contributed by atoms with Gasteiger partial charge >= 0.3 is 0 Å². The highest BCUT2D eigenvalue weighted by Gasteiger charge is 2.13. The first kappa shape index (κ1) is 21.5. The van der Waals surface area contributed by atoms with Crippen LogP contribution in [0.4, 0.5) is 5.69 Å². The SMILES string of the molecule is Cc1cc(Br)ccc1NC(=O)CNC(=O)CN[C@H](C)c1ccc2c(c1)CCCC2.